The van der Waals surface area contributed by atoms with Crippen molar-refractivity contribution < 1.29 is 28.6 Å². The Balaban J connectivity index is 4.26. The lowest BCUT2D eigenvalue weighted by Crippen LogP contribution is -2.30. The van der Waals surface area contributed by atoms with Gasteiger partial charge in [0.2, 0.25) is 0 Å². The van der Waals surface area contributed by atoms with Crippen LogP contribution in [0, 0.1) is 11.8 Å². The van der Waals surface area contributed by atoms with Crippen molar-refractivity contribution in [3.05, 3.63) is 0 Å². The first-order valence-corrected chi connectivity index (χ1v) is 33.8. The highest BCUT2D eigenvalue weighted by Gasteiger charge is 2.20. The lowest BCUT2D eigenvalue weighted by Gasteiger charge is -2.18. The summed E-state index contributed by atoms with van der Waals surface area (Å²) in [5.41, 5.74) is 0. The van der Waals surface area contributed by atoms with Gasteiger partial charge in [0.15, 0.2) is 6.10 Å². The maximum Gasteiger partial charge on any atom is 0.306 e. The van der Waals surface area contributed by atoms with Crippen LogP contribution in [0.25, 0.3) is 0 Å². The Morgan fingerprint density at radius 2 is 0.514 bits per heavy atom. The molecule has 0 saturated carbocycles. The van der Waals surface area contributed by atoms with E-state index in [1.165, 1.54) is 276 Å². The summed E-state index contributed by atoms with van der Waals surface area (Å²) < 4.78 is 17.0. The zero-order valence-corrected chi connectivity index (χ0v) is 51.0. The predicted octanol–water partition coefficient (Wildman–Crippen LogP) is 22.8. The minimum Gasteiger partial charge on any atom is -0.462 e. The molecule has 6 nitrogen and oxygen atoms in total. The van der Waals surface area contributed by atoms with Crippen LogP contribution in [0.15, 0.2) is 0 Å². The van der Waals surface area contributed by atoms with Crippen LogP contribution in [0.5, 0.6) is 0 Å². The summed E-state index contributed by atoms with van der Waals surface area (Å²) >= 11 is 0. The molecule has 0 N–H and O–H groups in total. The number of carbonyl (C=O) groups excluding carboxylic acids is 3. The van der Waals surface area contributed by atoms with E-state index in [1.807, 2.05) is 0 Å². The molecule has 0 amide bonds. The van der Waals surface area contributed by atoms with Crippen LogP contribution < -0.4 is 0 Å². The van der Waals surface area contributed by atoms with Gasteiger partial charge in [0, 0.05) is 19.3 Å². The maximum absolute atomic E-state index is 12.9. The van der Waals surface area contributed by atoms with Gasteiger partial charge in [-0.1, -0.05) is 349 Å². The Kier molecular flexibility index (Phi) is 59.3. The molecule has 0 aliphatic carbocycles. The van der Waals surface area contributed by atoms with Crippen molar-refractivity contribution in [1.82, 2.24) is 0 Å². The van der Waals surface area contributed by atoms with Crippen molar-refractivity contribution in [3.8, 4) is 0 Å². The van der Waals surface area contributed by atoms with Gasteiger partial charge in [-0.25, -0.2) is 0 Å². The van der Waals surface area contributed by atoms with Crippen LogP contribution in [-0.4, -0.2) is 37.2 Å². The number of unbranched alkanes of at least 4 members (excludes halogenated alkanes) is 46. The van der Waals surface area contributed by atoms with Gasteiger partial charge in [-0.05, 0) is 31.1 Å². The summed E-state index contributed by atoms with van der Waals surface area (Å²) in [5, 5.41) is 0. The van der Waals surface area contributed by atoms with Crippen LogP contribution in [0.1, 0.15) is 388 Å². The van der Waals surface area contributed by atoms with E-state index < -0.39 is 6.10 Å². The fraction of sp³-hybridized carbons (Fsp3) is 0.956. The van der Waals surface area contributed by atoms with Gasteiger partial charge in [0.25, 0.3) is 0 Å². The van der Waals surface area contributed by atoms with E-state index in [9.17, 15) is 14.4 Å². The van der Waals surface area contributed by atoms with Crippen LogP contribution >= 0.6 is 0 Å². The number of rotatable bonds is 62. The number of hydrogen-bond acceptors (Lipinski definition) is 6. The molecule has 0 spiro atoms. The smallest absolute Gasteiger partial charge is 0.306 e. The molecular formula is C68H132O6. The van der Waals surface area contributed by atoms with Crippen LogP contribution in [0.2, 0.25) is 0 Å². The molecule has 74 heavy (non-hydrogen) atoms. The second kappa shape index (κ2) is 60.6. The standard InChI is InChI=1S/C68H132O6/c1-6-8-9-10-11-12-13-14-15-16-17-22-25-28-35-40-45-50-55-60-68(71)74-65(62-73-67(70)59-54-49-44-39-34-30-29-31-36-41-46-51-56-63(3)4)61-72-66(69)58-53-48-43-38-33-27-24-21-19-18-20-23-26-32-37-42-47-52-57-64(5)7-2/h63-65H,6-62H2,1-5H3/t64?,65-/m0/s1. The summed E-state index contributed by atoms with van der Waals surface area (Å²) in [5.74, 6) is 0.916. The second-order valence-electron chi connectivity index (χ2n) is 24.2. The summed E-state index contributed by atoms with van der Waals surface area (Å²) in [4.78, 5) is 38.4. The van der Waals surface area contributed by atoms with E-state index in [-0.39, 0.29) is 31.1 Å². The van der Waals surface area contributed by atoms with Gasteiger partial charge in [0.05, 0.1) is 0 Å². The SMILES string of the molecule is CCCCCCCCCCCCCCCCCCCCCC(=O)O[C@@H](COC(=O)CCCCCCCCCCCCCCCCCCCCC(C)CC)COC(=O)CCCCCCCCCCCCCCC(C)C. The van der Waals surface area contributed by atoms with Crippen molar-refractivity contribution in [2.24, 2.45) is 11.8 Å². The molecule has 0 aromatic rings. The molecule has 0 aromatic heterocycles. The monoisotopic (exact) mass is 1050 g/mol. The van der Waals surface area contributed by atoms with E-state index in [0.29, 0.717) is 19.3 Å². The molecule has 0 aliphatic heterocycles. The van der Waals surface area contributed by atoms with Crippen molar-refractivity contribution in [2.75, 3.05) is 13.2 Å². The molecule has 0 radical (unpaired) electrons. The summed E-state index contributed by atoms with van der Waals surface area (Å²) in [7, 11) is 0. The lowest BCUT2D eigenvalue weighted by atomic mass is 9.99. The topological polar surface area (TPSA) is 78.9 Å². The van der Waals surface area contributed by atoms with Crippen molar-refractivity contribution in [3.63, 3.8) is 0 Å². The molecule has 0 rings (SSSR count). The van der Waals surface area contributed by atoms with Gasteiger partial charge in [-0.3, -0.25) is 14.4 Å². The molecule has 0 saturated heterocycles. The highest BCUT2D eigenvalue weighted by atomic mass is 16.6. The van der Waals surface area contributed by atoms with Gasteiger partial charge < -0.3 is 14.2 Å². The molecule has 0 aromatic carbocycles. The van der Waals surface area contributed by atoms with Crippen molar-refractivity contribution in [2.45, 2.75) is 394 Å². The van der Waals surface area contributed by atoms with E-state index in [0.717, 1.165) is 69.6 Å². The third-order valence-corrected chi connectivity index (χ3v) is 16.1. The second-order valence-corrected chi connectivity index (χ2v) is 24.2. The Morgan fingerprint density at radius 3 is 0.770 bits per heavy atom. The van der Waals surface area contributed by atoms with Crippen molar-refractivity contribution >= 4 is 17.9 Å². The molecule has 440 valence electrons. The van der Waals surface area contributed by atoms with E-state index in [4.69, 9.17) is 14.2 Å². The number of ether oxygens (including phenoxy) is 3. The van der Waals surface area contributed by atoms with Crippen LogP contribution in [0.3, 0.4) is 0 Å². The van der Waals surface area contributed by atoms with Crippen LogP contribution in [0.4, 0.5) is 0 Å². The predicted molar refractivity (Wildman–Crippen MR) is 321 cm³/mol. The summed E-state index contributed by atoms with van der Waals surface area (Å²) in [6.07, 6.45) is 68.2. The minimum absolute atomic E-state index is 0.0616. The average molecular weight is 1050 g/mol. The zero-order chi connectivity index (χ0) is 53.9. The van der Waals surface area contributed by atoms with Gasteiger partial charge in [-0.15, -0.1) is 0 Å². The zero-order valence-electron chi connectivity index (χ0n) is 51.0. The normalized spacial score (nSPS) is 12.4. The van der Waals surface area contributed by atoms with Gasteiger partial charge in [-0.2, -0.15) is 0 Å². The number of hydrogen-bond donors (Lipinski definition) is 0. The third kappa shape index (κ3) is 59.7. The molecule has 6 heteroatoms. The first kappa shape index (κ1) is 72.4. The molecule has 0 bridgehead atoms. The maximum atomic E-state index is 12.9. The molecular weight excluding hydrogens is 913 g/mol. The Labute approximate surface area is 463 Å². The highest BCUT2D eigenvalue weighted by Crippen LogP contribution is 2.20. The van der Waals surface area contributed by atoms with E-state index in [2.05, 4.69) is 34.6 Å². The number of esters is 3. The summed E-state index contributed by atoms with van der Waals surface area (Å²) in [6, 6.07) is 0. The fourth-order valence-corrected chi connectivity index (χ4v) is 10.6. The molecule has 0 fully saturated rings. The highest BCUT2D eigenvalue weighted by molar-refractivity contribution is 5.71. The first-order valence-electron chi connectivity index (χ1n) is 33.8. The molecule has 2 atom stereocenters. The minimum atomic E-state index is -0.764. The Hall–Kier alpha value is -1.59. The van der Waals surface area contributed by atoms with Crippen LogP contribution in [-0.2, 0) is 28.6 Å². The fourth-order valence-electron chi connectivity index (χ4n) is 10.6. The quantitative estimate of drug-likeness (QED) is 0.0343. The first-order chi connectivity index (χ1) is 36.3. The number of carbonyl (C=O) groups is 3. The summed E-state index contributed by atoms with van der Waals surface area (Å²) in [6.45, 7) is 11.5. The van der Waals surface area contributed by atoms with Crippen molar-refractivity contribution in [1.29, 1.82) is 0 Å². The molecule has 0 heterocycles. The van der Waals surface area contributed by atoms with E-state index in [1.54, 1.807) is 0 Å². The van der Waals surface area contributed by atoms with Gasteiger partial charge >= 0.3 is 17.9 Å². The Morgan fingerprint density at radius 1 is 0.284 bits per heavy atom. The average Bonchev–Trinajstić information content (AvgIpc) is 3.39. The largest absolute Gasteiger partial charge is 0.462 e. The third-order valence-electron chi connectivity index (χ3n) is 16.1. The van der Waals surface area contributed by atoms with Gasteiger partial charge in [0.1, 0.15) is 13.2 Å². The lowest BCUT2D eigenvalue weighted by molar-refractivity contribution is -0.167. The van der Waals surface area contributed by atoms with E-state index >= 15 is 0 Å². The Bertz CT molecular complexity index is 1140. The molecule has 0 aliphatic rings. The molecule has 1 unspecified atom stereocenters.